The Morgan fingerprint density at radius 3 is 2.36 bits per heavy atom. The van der Waals surface area contributed by atoms with Crippen LogP contribution in [0.15, 0.2) is 84.3 Å². The van der Waals surface area contributed by atoms with Crippen molar-refractivity contribution in [3.8, 4) is 6.07 Å². The fourth-order valence-electron chi connectivity index (χ4n) is 2.87. The molecule has 3 nitrogen and oxygen atoms in total. The number of hydrogen-bond donors (Lipinski definition) is 0. The Balaban J connectivity index is 2.13. The van der Waals surface area contributed by atoms with E-state index in [1.165, 1.54) is 0 Å². The van der Waals surface area contributed by atoms with Crippen LogP contribution in [0.2, 0.25) is 0 Å². The second kappa shape index (κ2) is 12.2. The molecule has 0 fully saturated rings. The lowest BCUT2D eigenvalue weighted by molar-refractivity contribution is 0.198. The molecule has 0 aliphatic rings. The highest BCUT2D eigenvalue weighted by Crippen LogP contribution is 2.21. The minimum Gasteiger partial charge on any atom is -0.494 e. The van der Waals surface area contributed by atoms with Crippen LogP contribution >= 0.6 is 22.6 Å². The van der Waals surface area contributed by atoms with Gasteiger partial charge in [-0.25, -0.2) is 0 Å². The summed E-state index contributed by atoms with van der Waals surface area (Å²) in [7, 11) is 1.93. The largest absolute Gasteiger partial charge is 0.494 e. The van der Waals surface area contributed by atoms with Crippen molar-refractivity contribution in [3.05, 3.63) is 89.8 Å². The molecule has 1 unspecified atom stereocenters. The number of nitrogens with zero attached hydrogens (tertiary/aromatic N) is 2. The number of allylic oxidation sites excluding steroid dienone is 4. The van der Waals surface area contributed by atoms with Crippen LogP contribution in [0, 0.1) is 17.2 Å². The highest BCUT2D eigenvalue weighted by Gasteiger charge is 2.11. The van der Waals surface area contributed by atoms with Gasteiger partial charge in [-0.2, -0.15) is 5.26 Å². The zero-order valence-electron chi connectivity index (χ0n) is 16.5. The summed E-state index contributed by atoms with van der Waals surface area (Å²) >= 11 is 2.40. The lowest BCUT2D eigenvalue weighted by Gasteiger charge is -2.20. The topological polar surface area (TPSA) is 36.3 Å². The summed E-state index contributed by atoms with van der Waals surface area (Å²) in [6.45, 7) is 2.54. The van der Waals surface area contributed by atoms with Gasteiger partial charge < -0.3 is 9.64 Å². The molecular weight excluding hydrogens is 459 g/mol. The van der Waals surface area contributed by atoms with Gasteiger partial charge in [0.25, 0.3) is 0 Å². The molecule has 0 saturated heterocycles. The molecule has 2 aromatic rings. The average molecular weight is 486 g/mol. The van der Waals surface area contributed by atoms with E-state index in [-0.39, 0.29) is 5.92 Å². The van der Waals surface area contributed by atoms with Gasteiger partial charge in [0.05, 0.1) is 5.76 Å². The van der Waals surface area contributed by atoms with Crippen LogP contribution in [0.5, 0.6) is 0 Å². The van der Waals surface area contributed by atoms with Crippen LogP contribution in [0.4, 0.5) is 5.69 Å². The number of halogens is 1. The van der Waals surface area contributed by atoms with Gasteiger partial charge in [0.1, 0.15) is 18.4 Å². The third-order valence-corrected chi connectivity index (χ3v) is 5.18. The first-order valence-corrected chi connectivity index (χ1v) is 11.0. The third kappa shape index (κ3) is 7.40. The van der Waals surface area contributed by atoms with E-state index in [0.717, 1.165) is 34.3 Å². The van der Waals surface area contributed by atoms with Gasteiger partial charge in [-0.05, 0) is 54.0 Å². The van der Waals surface area contributed by atoms with Gasteiger partial charge in [0.15, 0.2) is 0 Å². The van der Waals surface area contributed by atoms with Crippen molar-refractivity contribution >= 4 is 28.3 Å². The Labute approximate surface area is 182 Å². The number of nitriles is 1. The van der Waals surface area contributed by atoms with Gasteiger partial charge in [0, 0.05) is 18.7 Å². The molecule has 0 amide bonds. The van der Waals surface area contributed by atoms with E-state index in [2.05, 4.69) is 52.9 Å². The lowest BCUT2D eigenvalue weighted by atomic mass is 10.0. The summed E-state index contributed by atoms with van der Waals surface area (Å²) < 4.78 is 7.03. The predicted molar refractivity (Wildman–Crippen MR) is 125 cm³/mol. The van der Waals surface area contributed by atoms with Crippen molar-refractivity contribution in [1.29, 1.82) is 5.26 Å². The van der Waals surface area contributed by atoms with Crippen LogP contribution in [0.3, 0.4) is 0 Å². The molecule has 0 aromatic heterocycles. The molecule has 2 rings (SSSR count). The Hall–Kier alpha value is -2.26. The zero-order chi connectivity index (χ0) is 20.2. The summed E-state index contributed by atoms with van der Waals surface area (Å²) in [4.78, 5) is 1.94. The van der Waals surface area contributed by atoms with Gasteiger partial charge in [-0.1, -0.05) is 71.1 Å². The van der Waals surface area contributed by atoms with Crippen molar-refractivity contribution < 1.29 is 4.74 Å². The van der Waals surface area contributed by atoms with E-state index < -0.39 is 0 Å². The molecule has 4 heteroatoms. The van der Waals surface area contributed by atoms with Crippen molar-refractivity contribution in [2.45, 2.75) is 26.4 Å². The fraction of sp³-hybridized carbons (Fsp3) is 0.292. The molecule has 0 heterocycles. The maximum Gasteiger partial charge on any atom is 0.117 e. The van der Waals surface area contributed by atoms with E-state index in [0.29, 0.717) is 12.3 Å². The van der Waals surface area contributed by atoms with Gasteiger partial charge in [-0.3, -0.25) is 0 Å². The molecule has 28 heavy (non-hydrogen) atoms. The quantitative estimate of drug-likeness (QED) is 0.167. The molecule has 0 bridgehead atoms. The first-order chi connectivity index (χ1) is 13.6. The maximum atomic E-state index is 9.70. The lowest BCUT2D eigenvalue weighted by Crippen LogP contribution is -2.16. The number of ether oxygens (including phenoxy) is 1. The minimum absolute atomic E-state index is 0.159. The Morgan fingerprint density at radius 2 is 1.75 bits per heavy atom. The molecule has 2 aromatic carbocycles. The first kappa shape index (κ1) is 22.0. The Bertz CT molecular complexity index is 810. The Kier molecular flexibility index (Phi) is 9.64. The zero-order valence-corrected chi connectivity index (χ0v) is 18.7. The molecule has 0 N–H and O–H groups in total. The van der Waals surface area contributed by atoms with Crippen LogP contribution in [0.1, 0.15) is 25.3 Å². The van der Waals surface area contributed by atoms with E-state index in [1.54, 1.807) is 0 Å². The molecule has 0 saturated carbocycles. The molecular formula is C24H27IN2O. The molecule has 0 aliphatic heterocycles. The summed E-state index contributed by atoms with van der Waals surface area (Å²) in [6.07, 6.45) is 6.26. The number of alkyl halides is 1. The molecule has 0 aliphatic carbocycles. The highest BCUT2D eigenvalue weighted by molar-refractivity contribution is 14.1. The normalized spacial score (nSPS) is 12.9. The standard InChI is InChI=1S/C24H27IN2O/c1-20(28-19-21-10-5-3-6-11-21)16-22(12-9-15-25)17-24(18-26)27(2)23-13-7-4-8-14-23/h3-8,10-11,13-14,16-17,22H,9,12,15,19H2,1-2H3/b20-16-,24-17-. The number of benzene rings is 2. The van der Waals surface area contributed by atoms with Crippen molar-refractivity contribution in [2.75, 3.05) is 16.4 Å². The highest BCUT2D eigenvalue weighted by atomic mass is 127. The third-order valence-electron chi connectivity index (χ3n) is 4.42. The van der Waals surface area contributed by atoms with Crippen molar-refractivity contribution in [3.63, 3.8) is 0 Å². The molecule has 146 valence electrons. The average Bonchev–Trinajstić information content (AvgIpc) is 2.75. The van der Waals surface area contributed by atoms with E-state index in [4.69, 9.17) is 4.74 Å². The predicted octanol–water partition coefficient (Wildman–Crippen LogP) is 6.48. The van der Waals surface area contributed by atoms with Gasteiger partial charge >= 0.3 is 0 Å². The first-order valence-electron chi connectivity index (χ1n) is 9.46. The fourth-order valence-corrected chi connectivity index (χ4v) is 3.31. The molecule has 0 radical (unpaired) electrons. The summed E-state index contributed by atoms with van der Waals surface area (Å²) in [6, 6.07) is 22.5. The van der Waals surface area contributed by atoms with Crippen molar-refractivity contribution in [1.82, 2.24) is 0 Å². The number of hydrogen-bond acceptors (Lipinski definition) is 3. The summed E-state index contributed by atoms with van der Waals surface area (Å²) in [5.41, 5.74) is 2.80. The second-order valence-corrected chi connectivity index (χ2v) is 7.68. The summed E-state index contributed by atoms with van der Waals surface area (Å²) in [5.74, 6) is 1.05. The van der Waals surface area contributed by atoms with E-state index in [1.807, 2.05) is 67.4 Å². The van der Waals surface area contributed by atoms with Gasteiger partial charge in [0.2, 0.25) is 0 Å². The van der Waals surface area contributed by atoms with E-state index in [9.17, 15) is 5.26 Å². The smallest absolute Gasteiger partial charge is 0.117 e. The van der Waals surface area contributed by atoms with Crippen LogP contribution in [0.25, 0.3) is 0 Å². The second-order valence-electron chi connectivity index (χ2n) is 6.60. The Morgan fingerprint density at radius 1 is 1.11 bits per heavy atom. The van der Waals surface area contributed by atoms with E-state index >= 15 is 0 Å². The van der Waals surface area contributed by atoms with Gasteiger partial charge in [-0.15, -0.1) is 0 Å². The SMILES string of the molecule is C/C(=C/C(/C=C(/C#N)N(C)c1ccccc1)CCCI)OCc1ccccc1. The molecule has 0 spiro atoms. The monoisotopic (exact) mass is 486 g/mol. The summed E-state index contributed by atoms with van der Waals surface area (Å²) in [5, 5.41) is 9.70. The van der Waals surface area contributed by atoms with Crippen molar-refractivity contribution in [2.24, 2.45) is 5.92 Å². The number of rotatable bonds is 10. The minimum atomic E-state index is 0.159. The van der Waals surface area contributed by atoms with Crippen LogP contribution in [-0.4, -0.2) is 11.5 Å². The molecule has 1 atom stereocenters. The maximum absolute atomic E-state index is 9.70. The van der Waals surface area contributed by atoms with Crippen LogP contribution < -0.4 is 4.90 Å². The number of anilines is 1. The number of para-hydroxylation sites is 1. The van der Waals surface area contributed by atoms with Crippen LogP contribution in [-0.2, 0) is 11.3 Å².